The molecule has 1 aromatic carbocycles. The van der Waals surface area contributed by atoms with Crippen LogP contribution < -0.4 is 0 Å². The molecule has 0 nitrogen and oxygen atoms in total. The van der Waals surface area contributed by atoms with Gasteiger partial charge in [0.25, 0.3) is 0 Å². The zero-order valence-corrected chi connectivity index (χ0v) is 8.16. The fourth-order valence-electron chi connectivity index (χ4n) is 1.14. The van der Waals surface area contributed by atoms with E-state index < -0.39 is 0 Å². The molecule has 0 saturated heterocycles. The number of allylic oxidation sites excluding steroid dienone is 3. The highest BCUT2D eigenvalue weighted by molar-refractivity contribution is 5.71. The number of benzene rings is 1. The van der Waals surface area contributed by atoms with Crippen LogP contribution in [0, 0.1) is 0 Å². The lowest BCUT2D eigenvalue weighted by Gasteiger charge is -1.98. The molecule has 0 heterocycles. The van der Waals surface area contributed by atoms with E-state index in [0.717, 1.165) is 12.0 Å². The van der Waals surface area contributed by atoms with Gasteiger partial charge in [0, 0.05) is 0 Å². The van der Waals surface area contributed by atoms with Gasteiger partial charge in [0.05, 0.1) is 0 Å². The molecule has 0 aliphatic rings. The molecule has 0 aliphatic carbocycles. The molecule has 0 fully saturated rings. The molecule has 0 heteroatoms. The topological polar surface area (TPSA) is 0 Å². The van der Waals surface area contributed by atoms with Crippen LogP contribution in [0.15, 0.2) is 49.1 Å². The molecule has 1 rings (SSSR count). The fraction of sp³-hybridized carbons (Fsp3) is 0.231. The molecular weight excluding hydrogens is 156 g/mol. The summed E-state index contributed by atoms with van der Waals surface area (Å²) in [5.74, 6) is 0. The van der Waals surface area contributed by atoms with Crippen molar-refractivity contribution in [3.05, 3.63) is 54.6 Å². The summed E-state index contributed by atoms with van der Waals surface area (Å²) in [5.41, 5.74) is 2.30. The average Bonchev–Trinajstić information content (AvgIpc) is 2.19. The molecule has 0 aliphatic heterocycles. The molecule has 0 radical (unpaired) electrons. The van der Waals surface area contributed by atoms with Gasteiger partial charge in [-0.15, -0.1) is 0 Å². The molecule has 1 aromatic rings. The quantitative estimate of drug-likeness (QED) is 0.601. The van der Waals surface area contributed by atoms with Crippen LogP contribution in [0.3, 0.4) is 0 Å². The Kier molecular flexibility index (Phi) is 4.04. The lowest BCUT2D eigenvalue weighted by atomic mass is 10.1. The van der Waals surface area contributed by atoms with Crippen LogP contribution in [-0.4, -0.2) is 0 Å². The lowest BCUT2D eigenvalue weighted by molar-refractivity contribution is 0.959. The van der Waals surface area contributed by atoms with E-state index in [1.807, 2.05) is 18.2 Å². The number of unbranched alkanes of at least 4 members (excludes halogenated alkanes) is 1. The van der Waals surface area contributed by atoms with Gasteiger partial charge in [-0.25, -0.2) is 0 Å². The number of hydrogen-bond donors (Lipinski definition) is 0. The normalized spacial score (nSPS) is 10.5. The van der Waals surface area contributed by atoms with Crippen LogP contribution >= 0.6 is 0 Å². The van der Waals surface area contributed by atoms with Gasteiger partial charge in [-0.3, -0.25) is 0 Å². The van der Waals surface area contributed by atoms with Gasteiger partial charge in [-0.05, 0) is 17.6 Å². The second-order valence-electron chi connectivity index (χ2n) is 3.08. The van der Waals surface area contributed by atoms with Crippen LogP contribution in [0.4, 0.5) is 0 Å². The maximum atomic E-state index is 4.01. The highest BCUT2D eigenvalue weighted by atomic mass is 14.0. The molecule has 68 valence electrons. The predicted molar refractivity (Wildman–Crippen MR) is 59.5 cm³/mol. The molecule has 0 bridgehead atoms. The molecule has 0 aromatic heterocycles. The highest BCUT2D eigenvalue weighted by Crippen LogP contribution is 2.12. The van der Waals surface area contributed by atoms with E-state index in [0.29, 0.717) is 0 Å². The summed E-state index contributed by atoms with van der Waals surface area (Å²) in [5, 5.41) is 0. The summed E-state index contributed by atoms with van der Waals surface area (Å²) in [7, 11) is 0. The zero-order valence-electron chi connectivity index (χ0n) is 8.16. The van der Waals surface area contributed by atoms with Gasteiger partial charge in [0.15, 0.2) is 0 Å². The van der Waals surface area contributed by atoms with E-state index in [-0.39, 0.29) is 0 Å². The number of hydrogen-bond acceptors (Lipinski definition) is 0. The minimum atomic E-state index is 1.09. The van der Waals surface area contributed by atoms with Crippen molar-refractivity contribution in [2.75, 3.05) is 0 Å². The first-order valence-corrected chi connectivity index (χ1v) is 4.75. The maximum Gasteiger partial charge on any atom is -0.0190 e. The van der Waals surface area contributed by atoms with Crippen molar-refractivity contribution in [1.82, 2.24) is 0 Å². The van der Waals surface area contributed by atoms with Crippen LogP contribution in [0.25, 0.3) is 5.57 Å². The van der Waals surface area contributed by atoms with E-state index in [2.05, 4.69) is 37.8 Å². The van der Waals surface area contributed by atoms with Gasteiger partial charge in [-0.2, -0.15) is 0 Å². The van der Waals surface area contributed by atoms with Crippen LogP contribution in [0.1, 0.15) is 25.3 Å². The Balaban J connectivity index is 2.59. The smallest absolute Gasteiger partial charge is 0.0190 e. The van der Waals surface area contributed by atoms with Crippen molar-refractivity contribution >= 4 is 5.57 Å². The average molecular weight is 172 g/mol. The molecule has 0 spiro atoms. The SMILES string of the molecule is C=C(/C=C/CCC)c1ccccc1. The third-order valence-electron chi connectivity index (χ3n) is 1.92. The Morgan fingerprint density at radius 2 is 2.00 bits per heavy atom. The van der Waals surface area contributed by atoms with Crippen molar-refractivity contribution < 1.29 is 0 Å². The molecule has 0 unspecified atom stereocenters. The monoisotopic (exact) mass is 172 g/mol. The third kappa shape index (κ3) is 3.29. The molecule has 0 N–H and O–H groups in total. The minimum absolute atomic E-state index is 1.09. The summed E-state index contributed by atoms with van der Waals surface area (Å²) in [6, 6.07) is 10.3. The fourth-order valence-corrected chi connectivity index (χ4v) is 1.14. The van der Waals surface area contributed by atoms with Crippen molar-refractivity contribution in [1.29, 1.82) is 0 Å². The molecule has 13 heavy (non-hydrogen) atoms. The van der Waals surface area contributed by atoms with Gasteiger partial charge in [0.2, 0.25) is 0 Å². The Bertz CT molecular complexity index is 280. The van der Waals surface area contributed by atoms with Crippen molar-refractivity contribution in [3.63, 3.8) is 0 Å². The van der Waals surface area contributed by atoms with Crippen molar-refractivity contribution in [2.45, 2.75) is 19.8 Å². The molecule has 0 saturated carbocycles. The summed E-state index contributed by atoms with van der Waals surface area (Å²) in [4.78, 5) is 0. The maximum absolute atomic E-state index is 4.01. The first-order valence-electron chi connectivity index (χ1n) is 4.75. The molecule has 0 atom stereocenters. The van der Waals surface area contributed by atoms with Gasteiger partial charge >= 0.3 is 0 Å². The zero-order chi connectivity index (χ0) is 9.52. The van der Waals surface area contributed by atoms with Crippen molar-refractivity contribution in [3.8, 4) is 0 Å². The van der Waals surface area contributed by atoms with E-state index in [1.165, 1.54) is 12.0 Å². The second kappa shape index (κ2) is 5.36. The first kappa shape index (κ1) is 9.79. The Morgan fingerprint density at radius 3 is 2.62 bits per heavy atom. The predicted octanol–water partition coefficient (Wildman–Crippen LogP) is 4.06. The highest BCUT2D eigenvalue weighted by Gasteiger charge is 1.90. The largest absolute Gasteiger partial charge is 0.0912 e. The second-order valence-corrected chi connectivity index (χ2v) is 3.08. The summed E-state index contributed by atoms with van der Waals surface area (Å²) in [6.07, 6.45) is 6.60. The Labute approximate surface area is 80.6 Å². The standard InChI is InChI=1S/C13H16/c1-3-4-6-9-12(2)13-10-7-5-8-11-13/h5-11H,2-4H2,1H3/b9-6+. The number of rotatable bonds is 4. The lowest BCUT2D eigenvalue weighted by Crippen LogP contribution is -1.76. The summed E-state index contributed by atoms with van der Waals surface area (Å²) < 4.78 is 0. The van der Waals surface area contributed by atoms with Gasteiger partial charge in [0.1, 0.15) is 0 Å². The van der Waals surface area contributed by atoms with Crippen molar-refractivity contribution in [2.24, 2.45) is 0 Å². The first-order chi connectivity index (χ1) is 6.34. The van der Waals surface area contributed by atoms with Crippen LogP contribution in [0.5, 0.6) is 0 Å². The van der Waals surface area contributed by atoms with E-state index in [4.69, 9.17) is 0 Å². The Morgan fingerprint density at radius 1 is 1.31 bits per heavy atom. The van der Waals surface area contributed by atoms with Crippen LogP contribution in [-0.2, 0) is 0 Å². The van der Waals surface area contributed by atoms with Gasteiger partial charge in [-0.1, -0.05) is 62.4 Å². The van der Waals surface area contributed by atoms with E-state index >= 15 is 0 Å². The Hall–Kier alpha value is -1.30. The van der Waals surface area contributed by atoms with E-state index in [9.17, 15) is 0 Å². The van der Waals surface area contributed by atoms with Gasteiger partial charge < -0.3 is 0 Å². The van der Waals surface area contributed by atoms with Crippen LogP contribution in [0.2, 0.25) is 0 Å². The summed E-state index contributed by atoms with van der Waals surface area (Å²) >= 11 is 0. The third-order valence-corrected chi connectivity index (χ3v) is 1.92. The van der Waals surface area contributed by atoms with E-state index in [1.54, 1.807) is 0 Å². The molecule has 0 amide bonds. The summed E-state index contributed by atoms with van der Waals surface area (Å²) in [6.45, 7) is 6.19. The minimum Gasteiger partial charge on any atom is -0.0912 e. The molecular formula is C13H16.